The summed E-state index contributed by atoms with van der Waals surface area (Å²) >= 11 is 1.44. The van der Waals surface area contributed by atoms with Gasteiger partial charge in [-0.25, -0.2) is 9.79 Å². The molecule has 0 radical (unpaired) electrons. The Bertz CT molecular complexity index is 483. The van der Waals surface area contributed by atoms with Gasteiger partial charge in [-0.2, -0.15) is 0 Å². The van der Waals surface area contributed by atoms with E-state index in [4.69, 9.17) is 0 Å². The number of aliphatic imine (C=N–C) groups is 1. The van der Waals surface area contributed by atoms with Gasteiger partial charge in [0.15, 0.2) is 17.4 Å². The van der Waals surface area contributed by atoms with E-state index in [1.165, 1.54) is 23.1 Å². The second kappa shape index (κ2) is 8.01. The molecular weight excluding hydrogens is 316 g/mol. The van der Waals surface area contributed by atoms with Crippen molar-refractivity contribution in [3.63, 3.8) is 0 Å². The van der Waals surface area contributed by atoms with Gasteiger partial charge in [-0.3, -0.25) is 10.1 Å². The SMILES string of the molecule is CCCCCCN1C(SCC(C)O)=NC2C1C(=O)NC(=O)N2C. The van der Waals surface area contributed by atoms with Crippen LogP contribution in [0.1, 0.15) is 39.5 Å². The molecule has 0 saturated carbocycles. The molecule has 8 heteroatoms. The lowest BCUT2D eigenvalue weighted by molar-refractivity contribution is -0.127. The lowest BCUT2D eigenvalue weighted by Crippen LogP contribution is -2.63. The predicted molar refractivity (Wildman–Crippen MR) is 91.3 cm³/mol. The first-order valence-electron chi connectivity index (χ1n) is 8.18. The smallest absolute Gasteiger partial charge is 0.325 e. The van der Waals surface area contributed by atoms with Gasteiger partial charge in [-0.15, -0.1) is 0 Å². The number of unbranched alkanes of at least 4 members (excludes halogenated alkanes) is 3. The van der Waals surface area contributed by atoms with Gasteiger partial charge in [0.05, 0.1) is 6.10 Å². The number of aliphatic hydroxyl groups excluding tert-OH is 1. The van der Waals surface area contributed by atoms with E-state index < -0.39 is 24.3 Å². The molecule has 2 N–H and O–H groups in total. The number of carbonyl (C=O) groups excluding carboxylic acids is 2. The Hall–Kier alpha value is -1.28. The fourth-order valence-electron chi connectivity index (χ4n) is 2.76. The van der Waals surface area contributed by atoms with Gasteiger partial charge >= 0.3 is 6.03 Å². The summed E-state index contributed by atoms with van der Waals surface area (Å²) in [6.07, 6.45) is 3.49. The second-order valence-corrected chi connectivity index (χ2v) is 7.08. The molecule has 0 aliphatic carbocycles. The van der Waals surface area contributed by atoms with Crippen LogP contribution in [-0.2, 0) is 4.79 Å². The average Bonchev–Trinajstić information content (AvgIpc) is 2.86. The van der Waals surface area contributed by atoms with Gasteiger partial charge in [0.25, 0.3) is 5.91 Å². The summed E-state index contributed by atoms with van der Waals surface area (Å²) in [6, 6.07) is -0.872. The van der Waals surface area contributed by atoms with Gasteiger partial charge in [0, 0.05) is 19.3 Å². The molecule has 130 valence electrons. The maximum Gasteiger partial charge on any atom is 0.325 e. The van der Waals surface area contributed by atoms with Crippen molar-refractivity contribution in [3.8, 4) is 0 Å². The minimum atomic E-state index is -0.473. The van der Waals surface area contributed by atoms with E-state index in [2.05, 4.69) is 17.2 Å². The van der Waals surface area contributed by atoms with Crippen molar-refractivity contribution in [1.29, 1.82) is 0 Å². The minimum absolute atomic E-state index is 0.287. The van der Waals surface area contributed by atoms with Crippen molar-refractivity contribution in [2.75, 3.05) is 19.3 Å². The van der Waals surface area contributed by atoms with Crippen LogP contribution in [-0.4, -0.2) is 69.7 Å². The van der Waals surface area contributed by atoms with E-state index in [0.29, 0.717) is 5.75 Å². The fraction of sp³-hybridized carbons (Fsp3) is 0.800. The van der Waals surface area contributed by atoms with Crippen LogP contribution in [0.2, 0.25) is 0 Å². The average molecular weight is 342 g/mol. The number of hydrogen-bond acceptors (Lipinski definition) is 6. The lowest BCUT2D eigenvalue weighted by Gasteiger charge is -2.36. The number of rotatable bonds is 7. The number of fused-ring (bicyclic) bond motifs is 1. The van der Waals surface area contributed by atoms with Gasteiger partial charge in [0.1, 0.15) is 0 Å². The number of hydrogen-bond donors (Lipinski definition) is 2. The summed E-state index contributed by atoms with van der Waals surface area (Å²) in [4.78, 5) is 32.1. The van der Waals surface area contributed by atoms with Crippen LogP contribution >= 0.6 is 11.8 Å². The molecule has 3 amide bonds. The third-order valence-electron chi connectivity index (χ3n) is 4.03. The number of nitrogens with zero attached hydrogens (tertiary/aromatic N) is 3. The maximum atomic E-state index is 12.3. The van der Waals surface area contributed by atoms with E-state index in [9.17, 15) is 14.7 Å². The number of nitrogens with one attached hydrogen (secondary N) is 1. The molecule has 0 bridgehead atoms. The molecule has 2 heterocycles. The van der Waals surface area contributed by atoms with Crippen LogP contribution in [0.25, 0.3) is 0 Å². The van der Waals surface area contributed by atoms with E-state index >= 15 is 0 Å². The highest BCUT2D eigenvalue weighted by atomic mass is 32.2. The summed E-state index contributed by atoms with van der Waals surface area (Å²) in [5.74, 6) is 0.230. The molecule has 1 fully saturated rings. The number of thioether (sulfide) groups is 1. The second-order valence-electron chi connectivity index (χ2n) is 6.09. The van der Waals surface area contributed by atoms with Crippen molar-refractivity contribution < 1.29 is 14.7 Å². The molecule has 7 nitrogen and oxygen atoms in total. The van der Waals surface area contributed by atoms with E-state index in [1.54, 1.807) is 14.0 Å². The largest absolute Gasteiger partial charge is 0.393 e. The molecule has 1 saturated heterocycles. The van der Waals surface area contributed by atoms with Crippen molar-refractivity contribution in [3.05, 3.63) is 0 Å². The standard InChI is InChI=1S/C15H26N4O3S/c1-4-5-6-7-8-19-11-12(16-15(19)23-9-10(2)20)18(3)14(22)17-13(11)21/h10-12,20H,4-9H2,1-3H3,(H,17,21,22). The molecule has 0 aromatic carbocycles. The zero-order valence-electron chi connectivity index (χ0n) is 14.0. The number of imide groups is 1. The summed E-state index contributed by atoms with van der Waals surface area (Å²) in [5, 5.41) is 12.6. The number of amides is 3. The number of urea groups is 1. The Morgan fingerprint density at radius 1 is 1.35 bits per heavy atom. The van der Waals surface area contributed by atoms with Crippen LogP contribution < -0.4 is 5.32 Å². The Balaban J connectivity index is 2.11. The zero-order valence-corrected chi connectivity index (χ0v) is 14.8. The van der Waals surface area contributed by atoms with Crippen LogP contribution in [0.5, 0.6) is 0 Å². The Morgan fingerprint density at radius 2 is 2.09 bits per heavy atom. The highest BCUT2D eigenvalue weighted by Gasteiger charge is 2.48. The van der Waals surface area contributed by atoms with Crippen LogP contribution in [0.15, 0.2) is 4.99 Å². The molecule has 3 unspecified atom stereocenters. The van der Waals surface area contributed by atoms with E-state index in [1.807, 2.05) is 4.90 Å². The monoisotopic (exact) mass is 342 g/mol. The molecule has 2 rings (SSSR count). The number of likely N-dealkylation sites (N-methyl/N-ethyl adjacent to an activating group) is 1. The zero-order chi connectivity index (χ0) is 17.0. The molecule has 2 aliphatic rings. The highest BCUT2D eigenvalue weighted by Crippen LogP contribution is 2.29. The first-order chi connectivity index (χ1) is 11.0. The quantitative estimate of drug-likeness (QED) is 0.680. The van der Waals surface area contributed by atoms with Gasteiger partial charge < -0.3 is 14.9 Å². The number of amidine groups is 1. The molecule has 23 heavy (non-hydrogen) atoms. The van der Waals surface area contributed by atoms with Crippen molar-refractivity contribution in [2.45, 2.75) is 57.8 Å². The molecule has 3 atom stereocenters. The first-order valence-corrected chi connectivity index (χ1v) is 9.17. The molecule has 2 aliphatic heterocycles. The van der Waals surface area contributed by atoms with Crippen LogP contribution in [0.4, 0.5) is 4.79 Å². The Labute approximate surface area is 141 Å². The molecule has 0 aromatic heterocycles. The van der Waals surface area contributed by atoms with Crippen LogP contribution in [0.3, 0.4) is 0 Å². The molecule has 0 aromatic rings. The van der Waals surface area contributed by atoms with E-state index in [-0.39, 0.29) is 5.91 Å². The summed E-state index contributed by atoms with van der Waals surface area (Å²) in [7, 11) is 1.65. The third kappa shape index (κ3) is 4.17. The normalized spacial score (nSPS) is 25.3. The fourth-order valence-corrected chi connectivity index (χ4v) is 3.70. The third-order valence-corrected chi connectivity index (χ3v) is 5.28. The van der Waals surface area contributed by atoms with Gasteiger partial charge in [-0.1, -0.05) is 37.9 Å². The lowest BCUT2D eigenvalue weighted by atomic mass is 10.1. The maximum absolute atomic E-state index is 12.3. The number of aliphatic hydroxyl groups is 1. The number of carbonyl (C=O) groups is 2. The van der Waals surface area contributed by atoms with Gasteiger partial charge in [0.2, 0.25) is 0 Å². The van der Waals surface area contributed by atoms with Crippen molar-refractivity contribution in [1.82, 2.24) is 15.1 Å². The van der Waals surface area contributed by atoms with Crippen molar-refractivity contribution in [2.24, 2.45) is 4.99 Å². The molecular formula is C15H26N4O3S. The Morgan fingerprint density at radius 3 is 2.74 bits per heavy atom. The topological polar surface area (TPSA) is 85.2 Å². The first kappa shape index (κ1) is 18.1. The highest BCUT2D eigenvalue weighted by molar-refractivity contribution is 8.13. The van der Waals surface area contributed by atoms with Gasteiger partial charge in [-0.05, 0) is 13.3 Å². The summed E-state index contributed by atoms with van der Waals surface area (Å²) in [5.41, 5.74) is 0. The van der Waals surface area contributed by atoms with Crippen LogP contribution in [0, 0.1) is 0 Å². The predicted octanol–water partition coefficient (Wildman–Crippen LogP) is 1.23. The van der Waals surface area contributed by atoms with E-state index in [0.717, 1.165) is 31.0 Å². The van der Waals surface area contributed by atoms with Crippen molar-refractivity contribution >= 4 is 28.9 Å². The summed E-state index contributed by atoms with van der Waals surface area (Å²) in [6.45, 7) is 4.62. The molecule has 0 spiro atoms. The Kier molecular flexibility index (Phi) is 6.29. The summed E-state index contributed by atoms with van der Waals surface area (Å²) < 4.78 is 0. The minimum Gasteiger partial charge on any atom is -0.393 e.